The van der Waals surface area contributed by atoms with Crippen LogP contribution in [0.1, 0.15) is 29.8 Å². The Hall–Kier alpha value is -3.65. The second-order valence-corrected chi connectivity index (χ2v) is 8.31. The standard InChI is InChI=1S/C25H30N6O2/c1-17(2)30-12-14-31(15-13-30)19-10-8-18(9-11-19)28-25-27-16-21(24(26)29-25)23(32)20-6-4-5-7-22(20)33-3/h4-11,16-17H,12-15H2,1-3H3,(H3,26,27,28,29). The second-order valence-electron chi connectivity index (χ2n) is 8.31. The number of hydrogen-bond donors (Lipinski definition) is 2. The molecule has 1 aromatic heterocycles. The van der Waals surface area contributed by atoms with Gasteiger partial charge in [-0.15, -0.1) is 0 Å². The average Bonchev–Trinajstić information content (AvgIpc) is 2.84. The van der Waals surface area contributed by atoms with Gasteiger partial charge in [-0.2, -0.15) is 4.98 Å². The number of nitrogens with one attached hydrogen (secondary N) is 1. The van der Waals surface area contributed by atoms with Gasteiger partial charge < -0.3 is 20.7 Å². The van der Waals surface area contributed by atoms with E-state index in [1.54, 1.807) is 24.3 Å². The fourth-order valence-corrected chi connectivity index (χ4v) is 3.99. The van der Waals surface area contributed by atoms with Crippen molar-refractivity contribution in [2.45, 2.75) is 19.9 Å². The summed E-state index contributed by atoms with van der Waals surface area (Å²) < 4.78 is 5.28. The number of methoxy groups -OCH3 is 1. The van der Waals surface area contributed by atoms with E-state index >= 15 is 0 Å². The highest BCUT2D eigenvalue weighted by molar-refractivity contribution is 6.13. The molecule has 8 heteroatoms. The van der Waals surface area contributed by atoms with Gasteiger partial charge in [0.1, 0.15) is 11.6 Å². The van der Waals surface area contributed by atoms with Crippen LogP contribution in [-0.2, 0) is 0 Å². The molecule has 3 N–H and O–H groups in total. The largest absolute Gasteiger partial charge is 0.496 e. The van der Waals surface area contributed by atoms with Crippen LogP contribution in [0.25, 0.3) is 0 Å². The first kappa shape index (κ1) is 22.5. The van der Waals surface area contributed by atoms with Crippen molar-refractivity contribution in [1.29, 1.82) is 0 Å². The summed E-state index contributed by atoms with van der Waals surface area (Å²) in [5, 5.41) is 3.16. The predicted molar refractivity (Wildman–Crippen MR) is 132 cm³/mol. The third-order valence-corrected chi connectivity index (χ3v) is 5.95. The zero-order chi connectivity index (χ0) is 23.4. The molecule has 1 aliphatic rings. The third kappa shape index (κ3) is 5.06. The van der Waals surface area contributed by atoms with E-state index in [4.69, 9.17) is 10.5 Å². The fourth-order valence-electron chi connectivity index (χ4n) is 3.99. The van der Waals surface area contributed by atoms with Crippen molar-refractivity contribution < 1.29 is 9.53 Å². The van der Waals surface area contributed by atoms with Gasteiger partial charge in [0.2, 0.25) is 11.7 Å². The summed E-state index contributed by atoms with van der Waals surface area (Å²) in [5.41, 5.74) is 8.80. The minimum absolute atomic E-state index is 0.114. The zero-order valence-corrected chi connectivity index (χ0v) is 19.3. The fraction of sp³-hybridized carbons (Fsp3) is 0.320. The molecule has 33 heavy (non-hydrogen) atoms. The molecule has 2 aromatic carbocycles. The van der Waals surface area contributed by atoms with Crippen LogP contribution in [-0.4, -0.2) is 60.0 Å². The second kappa shape index (κ2) is 9.87. The van der Waals surface area contributed by atoms with Gasteiger partial charge in [-0.3, -0.25) is 9.69 Å². The van der Waals surface area contributed by atoms with E-state index in [-0.39, 0.29) is 17.2 Å². The van der Waals surface area contributed by atoms with Crippen molar-refractivity contribution in [1.82, 2.24) is 14.9 Å². The molecular weight excluding hydrogens is 416 g/mol. The quantitative estimate of drug-likeness (QED) is 0.532. The van der Waals surface area contributed by atoms with Crippen LogP contribution in [0.2, 0.25) is 0 Å². The first-order valence-electron chi connectivity index (χ1n) is 11.1. The van der Waals surface area contributed by atoms with E-state index in [2.05, 4.69) is 51.1 Å². The Morgan fingerprint density at radius 1 is 1.03 bits per heavy atom. The molecular formula is C25H30N6O2. The topological polar surface area (TPSA) is 96.6 Å². The number of aromatic nitrogens is 2. The number of ether oxygens (including phenoxy) is 1. The van der Waals surface area contributed by atoms with Crippen molar-refractivity contribution in [3.63, 3.8) is 0 Å². The number of benzene rings is 2. The molecule has 0 radical (unpaired) electrons. The van der Waals surface area contributed by atoms with Crippen LogP contribution in [0.5, 0.6) is 5.75 Å². The zero-order valence-electron chi connectivity index (χ0n) is 19.3. The molecule has 0 saturated carbocycles. The lowest BCUT2D eigenvalue weighted by molar-refractivity contribution is 0.103. The average molecular weight is 447 g/mol. The molecule has 1 aliphatic heterocycles. The summed E-state index contributed by atoms with van der Waals surface area (Å²) in [6.45, 7) is 8.67. The van der Waals surface area contributed by atoms with Crippen molar-refractivity contribution >= 4 is 28.9 Å². The van der Waals surface area contributed by atoms with E-state index < -0.39 is 0 Å². The number of hydrogen-bond acceptors (Lipinski definition) is 8. The maximum absolute atomic E-state index is 12.9. The van der Waals surface area contributed by atoms with Gasteiger partial charge >= 0.3 is 0 Å². The molecule has 2 heterocycles. The number of para-hydroxylation sites is 1. The molecule has 1 saturated heterocycles. The Morgan fingerprint density at radius 3 is 2.36 bits per heavy atom. The summed E-state index contributed by atoms with van der Waals surface area (Å²) >= 11 is 0. The summed E-state index contributed by atoms with van der Waals surface area (Å²) in [6, 6.07) is 15.8. The molecule has 3 aromatic rings. The van der Waals surface area contributed by atoms with E-state index in [9.17, 15) is 4.79 Å². The Labute approximate surface area is 194 Å². The van der Waals surface area contributed by atoms with Crippen LogP contribution < -0.4 is 20.7 Å². The summed E-state index contributed by atoms with van der Waals surface area (Å²) in [7, 11) is 1.52. The lowest BCUT2D eigenvalue weighted by Gasteiger charge is -2.38. The van der Waals surface area contributed by atoms with E-state index in [0.717, 1.165) is 31.9 Å². The molecule has 4 rings (SSSR count). The monoisotopic (exact) mass is 446 g/mol. The van der Waals surface area contributed by atoms with E-state index in [1.807, 2.05) is 12.1 Å². The summed E-state index contributed by atoms with van der Waals surface area (Å²) in [6.07, 6.45) is 1.45. The number of nitrogens with two attached hydrogens (primary N) is 1. The van der Waals surface area contributed by atoms with Crippen LogP contribution in [0.4, 0.5) is 23.1 Å². The van der Waals surface area contributed by atoms with Crippen molar-refractivity contribution in [3.8, 4) is 5.75 Å². The molecule has 0 bridgehead atoms. The number of anilines is 4. The summed E-state index contributed by atoms with van der Waals surface area (Å²) in [5.74, 6) is 0.652. The first-order valence-corrected chi connectivity index (χ1v) is 11.1. The Bertz CT molecular complexity index is 1110. The van der Waals surface area contributed by atoms with E-state index in [1.165, 1.54) is 19.0 Å². The smallest absolute Gasteiger partial charge is 0.229 e. The van der Waals surface area contributed by atoms with Crippen molar-refractivity contribution in [2.75, 3.05) is 49.2 Å². The number of nitrogen functional groups attached to an aromatic ring is 1. The van der Waals surface area contributed by atoms with Crippen LogP contribution in [0.15, 0.2) is 54.7 Å². The van der Waals surface area contributed by atoms with Gasteiger partial charge in [0.25, 0.3) is 0 Å². The molecule has 0 atom stereocenters. The highest BCUT2D eigenvalue weighted by Crippen LogP contribution is 2.25. The van der Waals surface area contributed by atoms with E-state index in [0.29, 0.717) is 23.3 Å². The molecule has 172 valence electrons. The molecule has 0 aliphatic carbocycles. The van der Waals surface area contributed by atoms with Crippen molar-refractivity contribution in [2.24, 2.45) is 0 Å². The lowest BCUT2D eigenvalue weighted by atomic mass is 10.0. The third-order valence-electron chi connectivity index (χ3n) is 5.95. The Balaban J connectivity index is 1.43. The number of carbonyl (C=O) groups excluding carboxylic acids is 1. The van der Waals surface area contributed by atoms with Gasteiger partial charge in [-0.1, -0.05) is 12.1 Å². The number of rotatable bonds is 7. The maximum atomic E-state index is 12.9. The summed E-state index contributed by atoms with van der Waals surface area (Å²) in [4.78, 5) is 26.4. The highest BCUT2D eigenvalue weighted by Gasteiger charge is 2.20. The first-order chi connectivity index (χ1) is 16.0. The number of piperazine rings is 1. The number of carbonyl (C=O) groups is 1. The van der Waals surface area contributed by atoms with Gasteiger partial charge in [0, 0.05) is 49.8 Å². The molecule has 8 nitrogen and oxygen atoms in total. The molecule has 0 unspecified atom stereocenters. The van der Waals surface area contributed by atoms with Gasteiger partial charge in [0.05, 0.1) is 18.2 Å². The lowest BCUT2D eigenvalue weighted by Crippen LogP contribution is -2.48. The highest BCUT2D eigenvalue weighted by atomic mass is 16.5. The number of ketones is 1. The number of nitrogens with zero attached hydrogens (tertiary/aromatic N) is 4. The predicted octanol–water partition coefficient (Wildman–Crippen LogP) is 3.57. The Morgan fingerprint density at radius 2 is 1.73 bits per heavy atom. The van der Waals surface area contributed by atoms with Crippen molar-refractivity contribution in [3.05, 3.63) is 65.9 Å². The van der Waals surface area contributed by atoms with Crippen LogP contribution in [0, 0.1) is 0 Å². The molecule has 1 fully saturated rings. The molecule has 0 spiro atoms. The van der Waals surface area contributed by atoms with Crippen LogP contribution in [0.3, 0.4) is 0 Å². The molecule has 0 amide bonds. The van der Waals surface area contributed by atoms with Gasteiger partial charge in [-0.25, -0.2) is 4.98 Å². The minimum Gasteiger partial charge on any atom is -0.496 e. The Kier molecular flexibility index (Phi) is 6.74. The normalized spacial score (nSPS) is 14.4. The van der Waals surface area contributed by atoms with Gasteiger partial charge in [0.15, 0.2) is 0 Å². The minimum atomic E-state index is -0.279. The van der Waals surface area contributed by atoms with Gasteiger partial charge in [-0.05, 0) is 50.2 Å². The SMILES string of the molecule is COc1ccccc1C(=O)c1cnc(Nc2ccc(N3CCN(C(C)C)CC3)cc2)nc1N. The maximum Gasteiger partial charge on any atom is 0.229 e. The van der Waals surface area contributed by atoms with Crippen LogP contribution >= 0.6 is 0 Å².